The highest BCUT2D eigenvalue weighted by atomic mass is 16.7. The monoisotopic (exact) mass is 528 g/mol. The third-order valence-corrected chi connectivity index (χ3v) is 11.8. The summed E-state index contributed by atoms with van der Waals surface area (Å²) in [5.74, 6) is -9.59. The summed E-state index contributed by atoms with van der Waals surface area (Å²) in [5, 5.41) is 36.1. The quantitative estimate of drug-likeness (QED) is 0.299. The fraction of sp³-hybridized carbons (Fsp3) is 0.714. The lowest BCUT2D eigenvalue weighted by atomic mass is 9.46. The number of carbonyl (C=O) groups is 4. The molecule has 7 aliphatic rings. The van der Waals surface area contributed by atoms with Crippen molar-refractivity contribution in [3.63, 3.8) is 0 Å². The lowest BCUT2D eigenvalue weighted by Gasteiger charge is -2.61. The van der Waals surface area contributed by atoms with E-state index in [1.165, 1.54) is 19.1 Å². The minimum atomic E-state index is -2.67. The summed E-state index contributed by atoms with van der Waals surface area (Å²) in [5.41, 5.74) is -7.93. The van der Waals surface area contributed by atoms with Crippen LogP contribution in [0.25, 0.3) is 0 Å². The zero-order valence-electron chi connectivity index (χ0n) is 21.7. The zero-order chi connectivity index (χ0) is 27.4. The van der Waals surface area contributed by atoms with Gasteiger partial charge in [-0.3, -0.25) is 14.4 Å². The molecule has 7 rings (SSSR count). The molecule has 0 aromatic rings. The van der Waals surface area contributed by atoms with E-state index in [2.05, 4.69) is 0 Å². The van der Waals surface area contributed by atoms with Crippen molar-refractivity contribution in [2.24, 2.45) is 34.5 Å². The van der Waals surface area contributed by atoms with E-state index in [0.29, 0.717) is 12.0 Å². The number of Topliss-reactive ketones (excluding diaryl/α,β-unsaturated/α-hetero) is 1. The Kier molecular flexibility index (Phi) is 4.31. The Hall–Kier alpha value is -2.40. The number of esters is 2. The molecule has 12 atom stereocenters. The summed E-state index contributed by atoms with van der Waals surface area (Å²) in [6, 6.07) is 0. The van der Waals surface area contributed by atoms with Gasteiger partial charge in [-0.15, -0.1) is 0 Å². The summed E-state index contributed by atoms with van der Waals surface area (Å²) in [7, 11) is 0. The van der Waals surface area contributed by atoms with E-state index < -0.39 is 87.0 Å². The molecule has 5 unspecified atom stereocenters. The van der Waals surface area contributed by atoms with Gasteiger partial charge < -0.3 is 29.5 Å². The molecule has 10 nitrogen and oxygen atoms in total. The largest absolute Gasteiger partial charge is 0.458 e. The van der Waals surface area contributed by atoms with Crippen LogP contribution in [0.3, 0.4) is 0 Å². The Morgan fingerprint density at radius 3 is 2.50 bits per heavy atom. The van der Waals surface area contributed by atoms with Crippen molar-refractivity contribution in [1.29, 1.82) is 0 Å². The Labute approximate surface area is 219 Å². The first-order valence-electron chi connectivity index (χ1n) is 13.4. The molecule has 0 amide bonds. The minimum Gasteiger partial charge on any atom is -0.458 e. The molecule has 5 fully saturated rings. The molecule has 1 saturated carbocycles. The number of ether oxygens (including phenoxy) is 3. The fourth-order valence-electron chi connectivity index (χ4n) is 9.51. The summed E-state index contributed by atoms with van der Waals surface area (Å²) in [6.07, 6.45) is 2.66. The van der Waals surface area contributed by atoms with Crippen molar-refractivity contribution >= 4 is 23.5 Å². The lowest BCUT2D eigenvalue weighted by molar-refractivity contribution is -0.350. The second-order valence-corrected chi connectivity index (χ2v) is 13.1. The molecule has 3 N–H and O–H groups in total. The molecule has 4 saturated heterocycles. The first kappa shape index (κ1) is 24.6. The molecule has 0 aromatic heterocycles. The average molecular weight is 529 g/mol. The maximum atomic E-state index is 14.6. The molecule has 4 aliphatic heterocycles. The first-order valence-corrected chi connectivity index (χ1v) is 13.4. The van der Waals surface area contributed by atoms with Crippen LogP contribution in [-0.4, -0.2) is 73.6 Å². The topological polar surface area (TPSA) is 157 Å². The van der Waals surface area contributed by atoms with Crippen molar-refractivity contribution in [2.75, 3.05) is 0 Å². The first-order chi connectivity index (χ1) is 17.6. The van der Waals surface area contributed by atoms with Crippen LogP contribution in [0.4, 0.5) is 0 Å². The Balaban J connectivity index is 1.52. The van der Waals surface area contributed by atoms with E-state index in [9.17, 15) is 34.5 Å². The number of rotatable bonds is 0. The van der Waals surface area contributed by atoms with Gasteiger partial charge in [0, 0.05) is 0 Å². The van der Waals surface area contributed by atoms with Crippen molar-refractivity contribution in [3.05, 3.63) is 23.8 Å². The van der Waals surface area contributed by atoms with Gasteiger partial charge in [0.05, 0.1) is 29.3 Å². The maximum absolute atomic E-state index is 14.6. The number of aliphatic hydroxyl groups excluding tert-OH is 1. The molecule has 0 aromatic carbocycles. The van der Waals surface area contributed by atoms with Crippen LogP contribution in [0.1, 0.15) is 53.4 Å². The van der Waals surface area contributed by atoms with Gasteiger partial charge in [-0.1, -0.05) is 31.6 Å². The van der Waals surface area contributed by atoms with Gasteiger partial charge in [0.2, 0.25) is 5.79 Å². The molecule has 0 radical (unpaired) electrons. The minimum absolute atomic E-state index is 0.0287. The van der Waals surface area contributed by atoms with Gasteiger partial charge in [-0.05, 0) is 56.9 Å². The second kappa shape index (κ2) is 6.66. The van der Waals surface area contributed by atoms with Crippen molar-refractivity contribution in [1.82, 2.24) is 0 Å². The number of fused-ring (bicyclic) bond motifs is 9. The highest BCUT2D eigenvalue weighted by molar-refractivity contribution is 6.01. The highest BCUT2D eigenvalue weighted by Crippen LogP contribution is 2.73. The van der Waals surface area contributed by atoms with Crippen LogP contribution in [0.2, 0.25) is 0 Å². The van der Waals surface area contributed by atoms with Crippen molar-refractivity contribution < 1.29 is 48.7 Å². The maximum Gasteiger partial charge on any atom is 0.342 e. The van der Waals surface area contributed by atoms with Crippen LogP contribution >= 0.6 is 0 Å². The highest BCUT2D eigenvalue weighted by Gasteiger charge is 2.92. The van der Waals surface area contributed by atoms with E-state index in [1.807, 2.05) is 0 Å². The smallest absolute Gasteiger partial charge is 0.342 e. The summed E-state index contributed by atoms with van der Waals surface area (Å²) in [6.45, 7) is 6.53. The number of hydrogen-bond acceptors (Lipinski definition) is 10. The van der Waals surface area contributed by atoms with Gasteiger partial charge in [0.25, 0.3) is 0 Å². The molecular formula is C28H32O10. The molecule has 1 spiro atoms. The third-order valence-electron chi connectivity index (χ3n) is 11.8. The summed E-state index contributed by atoms with van der Waals surface area (Å²) < 4.78 is 18.0. The molecule has 4 heterocycles. The summed E-state index contributed by atoms with van der Waals surface area (Å²) in [4.78, 5) is 54.6. The molecule has 204 valence electrons. The number of aliphatic hydroxyl groups is 3. The van der Waals surface area contributed by atoms with Crippen LogP contribution in [0, 0.1) is 34.5 Å². The normalized spacial score (nSPS) is 58.1. The van der Waals surface area contributed by atoms with E-state index in [-0.39, 0.29) is 25.0 Å². The number of hydrogen-bond donors (Lipinski definition) is 3. The molecule has 3 aliphatic carbocycles. The van der Waals surface area contributed by atoms with Crippen molar-refractivity contribution in [2.45, 2.75) is 88.2 Å². The van der Waals surface area contributed by atoms with E-state index >= 15 is 0 Å². The Morgan fingerprint density at radius 1 is 1.08 bits per heavy atom. The van der Waals surface area contributed by atoms with Crippen LogP contribution in [0.15, 0.2) is 23.8 Å². The van der Waals surface area contributed by atoms with Gasteiger partial charge in [0.1, 0.15) is 6.10 Å². The molecule has 38 heavy (non-hydrogen) atoms. The third kappa shape index (κ3) is 2.19. The Morgan fingerprint density at radius 2 is 1.79 bits per heavy atom. The number of carbonyl (C=O) groups excluding carboxylic acids is 4. The average Bonchev–Trinajstić information content (AvgIpc) is 3.19. The van der Waals surface area contributed by atoms with Gasteiger partial charge in [0.15, 0.2) is 28.4 Å². The van der Waals surface area contributed by atoms with E-state index in [0.717, 1.165) is 0 Å². The Bertz CT molecular complexity index is 1300. The molecule has 4 bridgehead atoms. The predicted molar refractivity (Wildman–Crippen MR) is 126 cm³/mol. The van der Waals surface area contributed by atoms with Crippen LogP contribution < -0.4 is 0 Å². The van der Waals surface area contributed by atoms with E-state index in [4.69, 9.17) is 14.2 Å². The molecule has 10 heteroatoms. The lowest BCUT2D eigenvalue weighted by Crippen LogP contribution is -2.78. The van der Waals surface area contributed by atoms with Crippen molar-refractivity contribution in [3.8, 4) is 0 Å². The predicted octanol–water partition coefficient (Wildman–Crippen LogP) is 0.510. The van der Waals surface area contributed by atoms with Gasteiger partial charge >= 0.3 is 11.9 Å². The number of allylic oxidation sites excluding steroid dienone is 3. The fourth-order valence-corrected chi connectivity index (χ4v) is 9.51. The van der Waals surface area contributed by atoms with E-state index in [1.54, 1.807) is 26.8 Å². The zero-order valence-corrected chi connectivity index (χ0v) is 21.7. The SMILES string of the molecule is C[C@@H]1C(=O)OC2CC1(C)C1C(=O)[C@@]3(O)O[C@@]14[C@@](O)(CCC1C3[C@H](O)C=C3CC=CC(=O)[C@@]31C)C(=O)O[C@@]24C. The van der Waals surface area contributed by atoms with Gasteiger partial charge in [-0.25, -0.2) is 4.79 Å². The van der Waals surface area contributed by atoms with Crippen LogP contribution in [-0.2, 0) is 33.4 Å². The number of ketones is 2. The van der Waals surface area contributed by atoms with Gasteiger partial charge in [-0.2, -0.15) is 0 Å². The molecular weight excluding hydrogens is 496 g/mol. The second-order valence-electron chi connectivity index (χ2n) is 13.1. The standard InChI is InChI=1S/C28H32O10/c1-12-21(32)36-17-11-23(12,2)19-20(31)27(35)18-14(24(3)13(10-15(18)29)6-5-7-16(24)30)8-9-26(34)22(33)37-25(17,4)28(19,26)38-27/h5,7,10,12,14-15,17-19,29,34-35H,6,8-9,11H2,1-4H3/t12-,14?,15-,17?,18?,19?,23?,24+,25+,26-,27+,28+/m1/s1. The summed E-state index contributed by atoms with van der Waals surface area (Å²) >= 11 is 0. The van der Waals surface area contributed by atoms with Crippen LogP contribution in [0.5, 0.6) is 0 Å².